The maximum absolute atomic E-state index is 13.1. The smallest absolute Gasteiger partial charge is 0.225 e. The van der Waals surface area contributed by atoms with Crippen molar-refractivity contribution in [3.63, 3.8) is 0 Å². The van der Waals surface area contributed by atoms with Crippen molar-refractivity contribution in [1.29, 1.82) is 0 Å². The van der Waals surface area contributed by atoms with Gasteiger partial charge in [-0.05, 0) is 49.6 Å². The van der Waals surface area contributed by atoms with Gasteiger partial charge in [0.05, 0.1) is 0 Å². The van der Waals surface area contributed by atoms with Crippen LogP contribution in [0.2, 0.25) is 0 Å². The number of rotatable bonds is 3. The topological polar surface area (TPSA) is 51.5 Å². The Morgan fingerprint density at radius 3 is 2.39 bits per heavy atom. The third-order valence-electron chi connectivity index (χ3n) is 6.44. The van der Waals surface area contributed by atoms with Crippen LogP contribution in [0.15, 0.2) is 71.1 Å². The van der Waals surface area contributed by atoms with Gasteiger partial charge in [-0.3, -0.25) is 4.79 Å². The molecule has 2 heterocycles. The maximum atomic E-state index is 13.1. The molecule has 3 aromatic carbocycles. The van der Waals surface area contributed by atoms with Crippen molar-refractivity contribution in [2.24, 2.45) is 0 Å². The molecule has 154 valence electrons. The van der Waals surface area contributed by atoms with Gasteiger partial charge in [0, 0.05) is 46.5 Å². The largest absolute Gasteiger partial charge is 0.461 e. The van der Waals surface area contributed by atoms with Gasteiger partial charge in [0.15, 0.2) is 0 Å². The van der Waals surface area contributed by atoms with Crippen LogP contribution in [0.4, 0.5) is 5.69 Å². The molecule has 0 saturated carbocycles. The van der Waals surface area contributed by atoms with Gasteiger partial charge in [0.1, 0.15) is 22.8 Å². The number of carbonyl (C=O) groups excluding carboxylic acids is 1. The Morgan fingerprint density at radius 1 is 0.903 bits per heavy atom. The Morgan fingerprint density at radius 2 is 1.61 bits per heavy atom. The predicted molar refractivity (Wildman–Crippen MR) is 121 cm³/mol. The Balaban J connectivity index is 1.28. The van der Waals surface area contributed by atoms with Crippen LogP contribution in [0.5, 0.6) is 11.5 Å². The summed E-state index contributed by atoms with van der Waals surface area (Å²) in [6, 6.07) is 21.9. The fraction of sp³-hybridized carbons (Fsp3) is 0.222. The standard InChI is InChI=1S/C27H23NO3/c29-27(28-17-13-14-26-22(15-17)20-9-3-6-12-25(20)31-26)16-21-18-7-1-4-10-23(18)30-24-11-5-2-8-19(21)24/h1-2,4-5,7-8,10-11,13-15,21H,3,6,9,12,16H2,(H,28,29). The second-order valence-corrected chi connectivity index (χ2v) is 8.40. The van der Waals surface area contributed by atoms with E-state index in [1.165, 1.54) is 18.4 Å². The first-order valence-electron chi connectivity index (χ1n) is 11.0. The van der Waals surface area contributed by atoms with Crippen LogP contribution in [-0.4, -0.2) is 5.91 Å². The van der Waals surface area contributed by atoms with Gasteiger partial charge in [0.2, 0.25) is 5.91 Å². The SMILES string of the molecule is O=C(CC1c2ccccc2Oc2ccccc21)Nc1ccc2oc3c(c2c1)CCCC3. The molecule has 0 unspecified atom stereocenters. The molecule has 0 atom stereocenters. The number of fused-ring (bicyclic) bond motifs is 5. The number of carbonyl (C=O) groups is 1. The van der Waals surface area contributed by atoms with E-state index in [-0.39, 0.29) is 11.8 Å². The second kappa shape index (κ2) is 7.31. The quantitative estimate of drug-likeness (QED) is 0.416. The molecule has 0 saturated heterocycles. The van der Waals surface area contributed by atoms with Crippen molar-refractivity contribution in [3.8, 4) is 11.5 Å². The molecule has 31 heavy (non-hydrogen) atoms. The fourth-order valence-corrected chi connectivity index (χ4v) is 4.97. The zero-order chi connectivity index (χ0) is 20.8. The maximum Gasteiger partial charge on any atom is 0.225 e. The van der Waals surface area contributed by atoms with Crippen LogP contribution >= 0.6 is 0 Å². The highest BCUT2D eigenvalue weighted by molar-refractivity contribution is 5.95. The van der Waals surface area contributed by atoms with Gasteiger partial charge in [-0.1, -0.05) is 36.4 Å². The Kier molecular flexibility index (Phi) is 4.30. The summed E-state index contributed by atoms with van der Waals surface area (Å²) in [7, 11) is 0. The van der Waals surface area contributed by atoms with Crippen molar-refractivity contribution < 1.29 is 13.9 Å². The lowest BCUT2D eigenvalue weighted by molar-refractivity contribution is -0.116. The van der Waals surface area contributed by atoms with Gasteiger partial charge < -0.3 is 14.5 Å². The molecule has 0 spiro atoms. The molecule has 1 N–H and O–H groups in total. The second-order valence-electron chi connectivity index (χ2n) is 8.40. The van der Waals surface area contributed by atoms with Crippen LogP contribution in [0.3, 0.4) is 0 Å². The van der Waals surface area contributed by atoms with Crippen molar-refractivity contribution >= 4 is 22.6 Å². The summed E-state index contributed by atoms with van der Waals surface area (Å²) in [5.41, 5.74) is 5.15. The number of nitrogens with one attached hydrogen (secondary N) is 1. The van der Waals surface area contributed by atoms with Gasteiger partial charge in [-0.2, -0.15) is 0 Å². The summed E-state index contributed by atoms with van der Waals surface area (Å²) in [5, 5.41) is 4.25. The minimum absolute atomic E-state index is 0.00628. The lowest BCUT2D eigenvalue weighted by Gasteiger charge is -2.27. The highest BCUT2D eigenvalue weighted by atomic mass is 16.5. The molecule has 1 aliphatic heterocycles. The van der Waals surface area contributed by atoms with E-state index in [9.17, 15) is 4.79 Å². The number of benzene rings is 3. The van der Waals surface area contributed by atoms with Gasteiger partial charge in [-0.25, -0.2) is 0 Å². The Hall–Kier alpha value is -3.53. The van der Waals surface area contributed by atoms with Gasteiger partial charge in [-0.15, -0.1) is 0 Å². The highest BCUT2D eigenvalue weighted by Crippen LogP contribution is 2.45. The van der Waals surface area contributed by atoms with E-state index in [2.05, 4.69) is 11.4 Å². The summed E-state index contributed by atoms with van der Waals surface area (Å²) in [4.78, 5) is 13.1. The van der Waals surface area contributed by atoms with E-state index in [1.807, 2.05) is 60.7 Å². The molecule has 1 aromatic heterocycles. The predicted octanol–water partition coefficient (Wildman–Crippen LogP) is 6.58. The molecule has 0 fully saturated rings. The van der Waals surface area contributed by atoms with Gasteiger partial charge >= 0.3 is 0 Å². The Bertz CT molecular complexity index is 1260. The number of para-hydroxylation sites is 2. The number of furan rings is 1. The summed E-state index contributed by atoms with van der Waals surface area (Å²) in [6.45, 7) is 0. The molecule has 6 rings (SSSR count). The molecular formula is C27H23NO3. The number of aryl methyl sites for hydroxylation is 2. The van der Waals surface area contributed by atoms with E-state index >= 15 is 0 Å². The molecule has 2 aliphatic rings. The number of hydrogen-bond acceptors (Lipinski definition) is 3. The van der Waals surface area contributed by atoms with E-state index in [4.69, 9.17) is 9.15 Å². The van der Waals surface area contributed by atoms with Crippen LogP contribution in [0, 0.1) is 0 Å². The minimum Gasteiger partial charge on any atom is -0.461 e. The molecule has 1 aliphatic carbocycles. The van der Waals surface area contributed by atoms with Crippen molar-refractivity contribution in [1.82, 2.24) is 0 Å². The van der Waals surface area contributed by atoms with E-state index in [1.54, 1.807) is 0 Å². The Labute approximate surface area is 180 Å². The van der Waals surface area contributed by atoms with Crippen molar-refractivity contribution in [2.45, 2.75) is 38.0 Å². The molecule has 0 radical (unpaired) electrons. The zero-order valence-electron chi connectivity index (χ0n) is 17.2. The number of anilines is 1. The third kappa shape index (κ3) is 3.19. The zero-order valence-corrected chi connectivity index (χ0v) is 17.2. The molecule has 4 nitrogen and oxygen atoms in total. The van der Waals surface area contributed by atoms with Crippen LogP contribution in [0.1, 0.15) is 47.6 Å². The first kappa shape index (κ1) is 18.3. The van der Waals surface area contributed by atoms with Crippen LogP contribution < -0.4 is 10.1 Å². The average molecular weight is 409 g/mol. The third-order valence-corrected chi connectivity index (χ3v) is 6.44. The average Bonchev–Trinajstić information content (AvgIpc) is 3.17. The van der Waals surface area contributed by atoms with E-state index in [0.717, 1.165) is 57.9 Å². The molecular weight excluding hydrogens is 386 g/mol. The summed E-state index contributed by atoms with van der Waals surface area (Å²) in [5.74, 6) is 2.72. The normalized spacial score (nSPS) is 15.0. The lowest BCUT2D eigenvalue weighted by atomic mass is 9.85. The summed E-state index contributed by atoms with van der Waals surface area (Å²) < 4.78 is 12.1. The monoisotopic (exact) mass is 409 g/mol. The number of amides is 1. The molecule has 0 bridgehead atoms. The highest BCUT2D eigenvalue weighted by Gasteiger charge is 2.28. The first-order valence-corrected chi connectivity index (χ1v) is 11.0. The van der Waals surface area contributed by atoms with Crippen LogP contribution in [0.25, 0.3) is 11.0 Å². The molecule has 4 heteroatoms. The summed E-state index contributed by atoms with van der Waals surface area (Å²) in [6.07, 6.45) is 4.80. The fourth-order valence-electron chi connectivity index (χ4n) is 4.97. The molecule has 1 amide bonds. The lowest BCUT2D eigenvalue weighted by Crippen LogP contribution is -2.19. The van der Waals surface area contributed by atoms with Crippen LogP contribution in [-0.2, 0) is 17.6 Å². The van der Waals surface area contributed by atoms with E-state index in [0.29, 0.717) is 6.42 Å². The number of ether oxygens (including phenoxy) is 1. The minimum atomic E-state index is -0.0356. The summed E-state index contributed by atoms with van der Waals surface area (Å²) >= 11 is 0. The first-order chi connectivity index (χ1) is 15.3. The molecule has 4 aromatic rings. The van der Waals surface area contributed by atoms with Gasteiger partial charge in [0.25, 0.3) is 0 Å². The van der Waals surface area contributed by atoms with Crippen molar-refractivity contribution in [3.05, 3.63) is 89.2 Å². The van der Waals surface area contributed by atoms with Crippen molar-refractivity contribution in [2.75, 3.05) is 5.32 Å². The number of hydrogen-bond donors (Lipinski definition) is 1. The van der Waals surface area contributed by atoms with E-state index < -0.39 is 0 Å².